The maximum Gasteiger partial charge on any atom is 0.243 e. The van der Waals surface area contributed by atoms with Crippen molar-refractivity contribution in [1.29, 1.82) is 0 Å². The number of nitrogen functional groups attached to an aromatic ring is 1. The predicted octanol–water partition coefficient (Wildman–Crippen LogP) is 0.588. The standard InChI is InChI=1S/C11H14BrN3O3S/c12-7-3-4-10(8(13)6-7)19(17,18)15-9-2-1-5-14-11(9)16/h3-4,6,9,15H,1-2,5,13H2,(H,14,16). The number of carbonyl (C=O) groups excluding carboxylic acids is 1. The summed E-state index contributed by atoms with van der Waals surface area (Å²) in [5.41, 5.74) is 5.83. The molecule has 1 fully saturated rings. The monoisotopic (exact) mass is 347 g/mol. The summed E-state index contributed by atoms with van der Waals surface area (Å²) < 4.78 is 27.5. The molecular formula is C11H14BrN3O3S. The van der Waals surface area contributed by atoms with Crippen molar-refractivity contribution in [3.05, 3.63) is 22.7 Å². The van der Waals surface area contributed by atoms with E-state index in [1.54, 1.807) is 6.07 Å². The molecule has 1 aliphatic rings. The van der Waals surface area contributed by atoms with Crippen LogP contribution in [0.2, 0.25) is 0 Å². The number of halogens is 1. The first kappa shape index (κ1) is 14.3. The number of nitrogens with one attached hydrogen (secondary N) is 2. The summed E-state index contributed by atoms with van der Waals surface area (Å²) in [4.78, 5) is 11.5. The molecule has 1 unspecified atom stereocenters. The number of carbonyl (C=O) groups is 1. The van der Waals surface area contributed by atoms with Gasteiger partial charge in [0.1, 0.15) is 10.9 Å². The van der Waals surface area contributed by atoms with E-state index in [2.05, 4.69) is 26.0 Å². The first-order valence-corrected chi connectivity index (χ1v) is 8.03. The van der Waals surface area contributed by atoms with Gasteiger partial charge in [0.05, 0.1) is 5.69 Å². The number of rotatable bonds is 3. The summed E-state index contributed by atoms with van der Waals surface area (Å²) >= 11 is 3.21. The van der Waals surface area contributed by atoms with Crippen molar-refractivity contribution in [2.45, 2.75) is 23.8 Å². The molecule has 1 aliphatic heterocycles. The molecule has 1 atom stereocenters. The van der Waals surface area contributed by atoms with Gasteiger partial charge < -0.3 is 11.1 Å². The number of sulfonamides is 1. The minimum atomic E-state index is -3.80. The van der Waals surface area contributed by atoms with Gasteiger partial charge in [0.15, 0.2) is 0 Å². The van der Waals surface area contributed by atoms with Gasteiger partial charge >= 0.3 is 0 Å². The molecule has 8 heteroatoms. The van der Waals surface area contributed by atoms with Crippen molar-refractivity contribution in [2.75, 3.05) is 12.3 Å². The molecule has 0 saturated carbocycles. The number of nitrogens with two attached hydrogens (primary N) is 1. The second-order valence-corrected chi connectivity index (χ2v) is 6.89. The molecule has 0 radical (unpaired) electrons. The Bertz CT molecular complexity index is 603. The van der Waals surface area contributed by atoms with Gasteiger partial charge in [-0.15, -0.1) is 0 Å². The van der Waals surface area contributed by atoms with Crippen LogP contribution in [0.1, 0.15) is 12.8 Å². The van der Waals surface area contributed by atoms with Crippen LogP contribution >= 0.6 is 15.9 Å². The largest absolute Gasteiger partial charge is 0.398 e. The zero-order chi connectivity index (χ0) is 14.0. The lowest BCUT2D eigenvalue weighted by Gasteiger charge is -2.22. The second-order valence-electron chi connectivity index (χ2n) is 4.29. The summed E-state index contributed by atoms with van der Waals surface area (Å²) in [5.74, 6) is -0.300. The highest BCUT2D eigenvalue weighted by atomic mass is 79.9. The normalized spacial score (nSPS) is 20.1. The summed E-state index contributed by atoms with van der Waals surface area (Å²) in [5, 5.41) is 2.63. The van der Waals surface area contributed by atoms with E-state index in [1.807, 2.05) is 0 Å². The van der Waals surface area contributed by atoms with Crippen LogP contribution in [-0.4, -0.2) is 26.9 Å². The van der Waals surface area contributed by atoms with E-state index < -0.39 is 16.1 Å². The lowest BCUT2D eigenvalue weighted by atomic mass is 10.1. The fourth-order valence-corrected chi connectivity index (χ4v) is 3.62. The van der Waals surface area contributed by atoms with E-state index in [9.17, 15) is 13.2 Å². The molecule has 1 heterocycles. The van der Waals surface area contributed by atoms with Crippen LogP contribution in [-0.2, 0) is 14.8 Å². The Kier molecular flexibility index (Phi) is 4.12. The summed E-state index contributed by atoms with van der Waals surface area (Å²) in [7, 11) is -3.80. The molecule has 1 saturated heterocycles. The number of piperidine rings is 1. The van der Waals surface area contributed by atoms with Gasteiger partial charge in [-0.1, -0.05) is 15.9 Å². The van der Waals surface area contributed by atoms with Crippen LogP contribution in [0.5, 0.6) is 0 Å². The number of amides is 1. The first-order valence-electron chi connectivity index (χ1n) is 5.75. The third-order valence-corrected chi connectivity index (χ3v) is 4.88. The fraction of sp³-hybridized carbons (Fsp3) is 0.364. The van der Waals surface area contributed by atoms with Gasteiger partial charge in [-0.2, -0.15) is 4.72 Å². The van der Waals surface area contributed by atoms with Crippen LogP contribution in [0.4, 0.5) is 5.69 Å². The average Bonchev–Trinajstić information content (AvgIpc) is 2.31. The van der Waals surface area contributed by atoms with Gasteiger partial charge in [0.25, 0.3) is 0 Å². The number of benzene rings is 1. The maximum absolute atomic E-state index is 12.2. The van der Waals surface area contributed by atoms with Crippen molar-refractivity contribution < 1.29 is 13.2 Å². The molecule has 4 N–H and O–H groups in total. The summed E-state index contributed by atoms with van der Waals surface area (Å²) in [6.07, 6.45) is 1.23. The Morgan fingerprint density at radius 3 is 2.79 bits per heavy atom. The number of hydrogen-bond acceptors (Lipinski definition) is 4. The highest BCUT2D eigenvalue weighted by molar-refractivity contribution is 9.10. The average molecular weight is 348 g/mol. The molecule has 6 nitrogen and oxygen atoms in total. The molecule has 2 rings (SSSR count). The van der Waals surface area contributed by atoms with Crippen molar-refractivity contribution in [1.82, 2.24) is 10.0 Å². The number of hydrogen-bond donors (Lipinski definition) is 3. The van der Waals surface area contributed by atoms with Gasteiger partial charge in [0, 0.05) is 11.0 Å². The van der Waals surface area contributed by atoms with Crippen molar-refractivity contribution in [3.8, 4) is 0 Å². The Labute approximate surface area is 119 Å². The van der Waals surface area contributed by atoms with Crippen LogP contribution in [0.3, 0.4) is 0 Å². The third-order valence-electron chi connectivity index (χ3n) is 2.84. The summed E-state index contributed by atoms with van der Waals surface area (Å²) in [6, 6.07) is 3.77. The van der Waals surface area contributed by atoms with E-state index in [0.29, 0.717) is 17.4 Å². The molecule has 0 bridgehead atoms. The van der Waals surface area contributed by atoms with Crippen LogP contribution in [0, 0.1) is 0 Å². The van der Waals surface area contributed by atoms with Gasteiger partial charge in [0.2, 0.25) is 15.9 Å². The molecule has 1 aromatic rings. The van der Waals surface area contributed by atoms with E-state index in [1.165, 1.54) is 12.1 Å². The number of anilines is 1. The lowest BCUT2D eigenvalue weighted by molar-refractivity contribution is -0.124. The van der Waals surface area contributed by atoms with E-state index in [-0.39, 0.29) is 16.5 Å². The van der Waals surface area contributed by atoms with E-state index in [0.717, 1.165) is 6.42 Å². The summed E-state index contributed by atoms with van der Waals surface area (Å²) in [6.45, 7) is 0.581. The highest BCUT2D eigenvalue weighted by Crippen LogP contribution is 2.23. The molecule has 0 aliphatic carbocycles. The van der Waals surface area contributed by atoms with Crippen molar-refractivity contribution >= 4 is 37.5 Å². The third kappa shape index (κ3) is 3.26. The van der Waals surface area contributed by atoms with Crippen LogP contribution in [0.25, 0.3) is 0 Å². The Morgan fingerprint density at radius 2 is 2.16 bits per heavy atom. The van der Waals surface area contributed by atoms with E-state index in [4.69, 9.17) is 5.73 Å². The van der Waals surface area contributed by atoms with Crippen LogP contribution in [0.15, 0.2) is 27.6 Å². The molecule has 104 valence electrons. The minimum Gasteiger partial charge on any atom is -0.398 e. The minimum absolute atomic E-state index is 0.0194. The Morgan fingerprint density at radius 1 is 1.42 bits per heavy atom. The van der Waals surface area contributed by atoms with Gasteiger partial charge in [-0.3, -0.25) is 4.79 Å². The predicted molar refractivity (Wildman–Crippen MR) is 74.9 cm³/mol. The van der Waals surface area contributed by atoms with E-state index >= 15 is 0 Å². The zero-order valence-corrected chi connectivity index (χ0v) is 12.4. The Balaban J connectivity index is 2.24. The SMILES string of the molecule is Nc1cc(Br)ccc1S(=O)(=O)NC1CCCNC1=O. The van der Waals surface area contributed by atoms with Crippen molar-refractivity contribution in [3.63, 3.8) is 0 Å². The molecule has 19 heavy (non-hydrogen) atoms. The molecule has 0 spiro atoms. The quantitative estimate of drug-likeness (QED) is 0.696. The Hall–Kier alpha value is -1.12. The van der Waals surface area contributed by atoms with Gasteiger partial charge in [-0.05, 0) is 31.0 Å². The smallest absolute Gasteiger partial charge is 0.243 e. The molecule has 1 aromatic carbocycles. The van der Waals surface area contributed by atoms with Crippen LogP contribution < -0.4 is 15.8 Å². The molecule has 1 amide bonds. The van der Waals surface area contributed by atoms with Crippen molar-refractivity contribution in [2.24, 2.45) is 0 Å². The first-order chi connectivity index (χ1) is 8.90. The zero-order valence-electron chi connectivity index (χ0n) is 10.0. The molecule has 0 aromatic heterocycles. The highest BCUT2D eigenvalue weighted by Gasteiger charge is 2.28. The lowest BCUT2D eigenvalue weighted by Crippen LogP contribution is -2.50. The fourth-order valence-electron chi connectivity index (χ4n) is 1.90. The second kappa shape index (κ2) is 5.48. The van der Waals surface area contributed by atoms with Gasteiger partial charge in [-0.25, -0.2) is 8.42 Å². The topological polar surface area (TPSA) is 101 Å². The molecular weight excluding hydrogens is 334 g/mol. The maximum atomic E-state index is 12.2.